The molecule has 0 unspecified atom stereocenters. The third-order valence-corrected chi connectivity index (χ3v) is 2.95. The Kier molecular flexibility index (Phi) is 7.87. The summed E-state index contributed by atoms with van der Waals surface area (Å²) in [7, 11) is 0. The van der Waals surface area contributed by atoms with Gasteiger partial charge in [0.1, 0.15) is 12.4 Å². The van der Waals surface area contributed by atoms with Crippen LogP contribution in [0, 0.1) is 0 Å². The SMILES string of the molecule is CCCOCCOc1cccc(Cl)c1CNC(C)C. The Balaban J connectivity index is 2.53. The molecule has 19 heavy (non-hydrogen) atoms. The predicted molar refractivity (Wildman–Crippen MR) is 80.0 cm³/mol. The molecular weight excluding hydrogens is 262 g/mol. The number of ether oxygens (including phenoxy) is 2. The second-order valence-corrected chi connectivity index (χ2v) is 5.12. The van der Waals surface area contributed by atoms with Gasteiger partial charge in [0.15, 0.2) is 0 Å². The zero-order valence-electron chi connectivity index (χ0n) is 12.0. The molecule has 3 nitrogen and oxygen atoms in total. The number of rotatable bonds is 9. The maximum Gasteiger partial charge on any atom is 0.125 e. The Morgan fingerprint density at radius 2 is 2.00 bits per heavy atom. The van der Waals surface area contributed by atoms with E-state index in [0.717, 1.165) is 29.4 Å². The van der Waals surface area contributed by atoms with Gasteiger partial charge < -0.3 is 14.8 Å². The summed E-state index contributed by atoms with van der Waals surface area (Å²) in [5.74, 6) is 0.834. The van der Waals surface area contributed by atoms with Crippen molar-refractivity contribution in [3.8, 4) is 5.75 Å². The average Bonchev–Trinajstić information content (AvgIpc) is 2.37. The van der Waals surface area contributed by atoms with Crippen LogP contribution in [0.2, 0.25) is 5.02 Å². The molecule has 0 radical (unpaired) electrons. The minimum absolute atomic E-state index is 0.414. The van der Waals surface area contributed by atoms with Gasteiger partial charge in [-0.2, -0.15) is 0 Å². The van der Waals surface area contributed by atoms with Crippen molar-refractivity contribution in [1.82, 2.24) is 5.32 Å². The average molecular weight is 286 g/mol. The molecule has 0 bridgehead atoms. The molecule has 0 saturated heterocycles. The summed E-state index contributed by atoms with van der Waals surface area (Å²) in [6.07, 6.45) is 1.03. The first-order valence-electron chi connectivity index (χ1n) is 6.86. The molecule has 4 heteroatoms. The fraction of sp³-hybridized carbons (Fsp3) is 0.600. The van der Waals surface area contributed by atoms with Gasteiger partial charge in [0.05, 0.1) is 6.61 Å². The molecule has 0 aliphatic heterocycles. The van der Waals surface area contributed by atoms with Crippen LogP contribution in [0.5, 0.6) is 5.75 Å². The monoisotopic (exact) mass is 285 g/mol. The second kappa shape index (κ2) is 9.18. The maximum atomic E-state index is 6.22. The van der Waals surface area contributed by atoms with Crippen LogP contribution in [0.4, 0.5) is 0 Å². The van der Waals surface area contributed by atoms with Gasteiger partial charge in [-0.1, -0.05) is 38.4 Å². The molecular formula is C15H24ClNO2. The summed E-state index contributed by atoms with van der Waals surface area (Å²) in [6.45, 7) is 8.95. The summed E-state index contributed by atoms with van der Waals surface area (Å²) in [4.78, 5) is 0. The van der Waals surface area contributed by atoms with Crippen LogP contribution in [0.25, 0.3) is 0 Å². The first-order chi connectivity index (χ1) is 9.15. The highest BCUT2D eigenvalue weighted by molar-refractivity contribution is 6.31. The minimum Gasteiger partial charge on any atom is -0.491 e. The van der Waals surface area contributed by atoms with E-state index in [9.17, 15) is 0 Å². The second-order valence-electron chi connectivity index (χ2n) is 4.71. The molecule has 108 valence electrons. The van der Waals surface area contributed by atoms with Crippen LogP contribution in [-0.2, 0) is 11.3 Å². The predicted octanol–water partition coefficient (Wildman–Crippen LogP) is 3.64. The standard InChI is InChI=1S/C15H24ClNO2/c1-4-8-18-9-10-19-15-7-5-6-14(16)13(15)11-17-12(2)3/h5-7,12,17H,4,8-11H2,1-3H3. The Labute approximate surface area is 121 Å². The fourth-order valence-corrected chi connectivity index (χ4v) is 1.84. The van der Waals surface area contributed by atoms with Crippen molar-refractivity contribution < 1.29 is 9.47 Å². The molecule has 0 atom stereocenters. The van der Waals surface area contributed by atoms with E-state index in [2.05, 4.69) is 26.1 Å². The number of hydrogen-bond donors (Lipinski definition) is 1. The van der Waals surface area contributed by atoms with Gasteiger partial charge >= 0.3 is 0 Å². The summed E-state index contributed by atoms with van der Waals surface area (Å²) in [5, 5.41) is 4.09. The lowest BCUT2D eigenvalue weighted by molar-refractivity contribution is 0.100. The molecule has 0 amide bonds. The van der Waals surface area contributed by atoms with E-state index in [1.54, 1.807) is 0 Å². The summed E-state index contributed by atoms with van der Waals surface area (Å²) < 4.78 is 11.1. The van der Waals surface area contributed by atoms with Crippen molar-refractivity contribution >= 4 is 11.6 Å². The molecule has 1 aromatic rings. The van der Waals surface area contributed by atoms with Crippen LogP contribution < -0.4 is 10.1 Å². The Hall–Kier alpha value is -0.770. The van der Waals surface area contributed by atoms with Crippen molar-refractivity contribution in [2.75, 3.05) is 19.8 Å². The Bertz CT molecular complexity index is 369. The van der Waals surface area contributed by atoms with Crippen molar-refractivity contribution in [2.45, 2.75) is 39.8 Å². The van der Waals surface area contributed by atoms with Gasteiger partial charge in [-0.05, 0) is 18.6 Å². The van der Waals surface area contributed by atoms with E-state index in [1.807, 2.05) is 18.2 Å². The van der Waals surface area contributed by atoms with Crippen LogP contribution >= 0.6 is 11.6 Å². The zero-order chi connectivity index (χ0) is 14.1. The highest BCUT2D eigenvalue weighted by atomic mass is 35.5. The van der Waals surface area contributed by atoms with E-state index in [0.29, 0.717) is 25.8 Å². The first-order valence-corrected chi connectivity index (χ1v) is 7.24. The van der Waals surface area contributed by atoms with E-state index in [1.165, 1.54) is 0 Å². The molecule has 0 aromatic heterocycles. The number of nitrogens with one attached hydrogen (secondary N) is 1. The molecule has 0 aliphatic rings. The number of halogens is 1. The highest BCUT2D eigenvalue weighted by Gasteiger charge is 2.08. The summed E-state index contributed by atoms with van der Waals surface area (Å²) >= 11 is 6.22. The van der Waals surface area contributed by atoms with Gasteiger partial charge in [-0.3, -0.25) is 0 Å². The van der Waals surface area contributed by atoms with Crippen molar-refractivity contribution in [2.24, 2.45) is 0 Å². The van der Waals surface area contributed by atoms with Crippen molar-refractivity contribution in [3.63, 3.8) is 0 Å². The third kappa shape index (κ3) is 6.28. The maximum absolute atomic E-state index is 6.22. The van der Waals surface area contributed by atoms with Crippen LogP contribution in [0.3, 0.4) is 0 Å². The molecule has 0 aliphatic carbocycles. The number of benzene rings is 1. The van der Waals surface area contributed by atoms with Gasteiger partial charge in [-0.15, -0.1) is 0 Å². The molecule has 0 fully saturated rings. The lowest BCUT2D eigenvalue weighted by Crippen LogP contribution is -2.22. The smallest absolute Gasteiger partial charge is 0.125 e. The minimum atomic E-state index is 0.414. The van der Waals surface area contributed by atoms with E-state index in [4.69, 9.17) is 21.1 Å². The molecule has 0 saturated carbocycles. The Morgan fingerprint density at radius 1 is 1.21 bits per heavy atom. The van der Waals surface area contributed by atoms with Crippen LogP contribution in [0.1, 0.15) is 32.8 Å². The molecule has 0 heterocycles. The summed E-state index contributed by atoms with van der Waals surface area (Å²) in [5.41, 5.74) is 1.01. The topological polar surface area (TPSA) is 30.5 Å². The van der Waals surface area contributed by atoms with E-state index in [-0.39, 0.29) is 0 Å². The van der Waals surface area contributed by atoms with Crippen molar-refractivity contribution in [1.29, 1.82) is 0 Å². The first kappa shape index (κ1) is 16.3. The normalized spacial score (nSPS) is 11.0. The van der Waals surface area contributed by atoms with E-state index < -0.39 is 0 Å². The van der Waals surface area contributed by atoms with Crippen molar-refractivity contribution in [3.05, 3.63) is 28.8 Å². The molecule has 1 aromatic carbocycles. The van der Waals surface area contributed by atoms with Gasteiger partial charge in [0.25, 0.3) is 0 Å². The van der Waals surface area contributed by atoms with Gasteiger partial charge in [-0.25, -0.2) is 0 Å². The van der Waals surface area contributed by atoms with E-state index >= 15 is 0 Å². The highest BCUT2D eigenvalue weighted by Crippen LogP contribution is 2.26. The quantitative estimate of drug-likeness (QED) is 0.703. The number of hydrogen-bond acceptors (Lipinski definition) is 3. The van der Waals surface area contributed by atoms with Gasteiger partial charge in [0, 0.05) is 29.8 Å². The third-order valence-electron chi connectivity index (χ3n) is 2.60. The lowest BCUT2D eigenvalue weighted by Gasteiger charge is -2.15. The molecule has 1 rings (SSSR count). The van der Waals surface area contributed by atoms with Gasteiger partial charge in [0.2, 0.25) is 0 Å². The van der Waals surface area contributed by atoms with Crippen LogP contribution in [0.15, 0.2) is 18.2 Å². The molecule has 1 N–H and O–H groups in total. The lowest BCUT2D eigenvalue weighted by atomic mass is 10.2. The zero-order valence-corrected chi connectivity index (χ0v) is 12.8. The van der Waals surface area contributed by atoms with Crippen LogP contribution in [-0.4, -0.2) is 25.9 Å². The summed E-state index contributed by atoms with van der Waals surface area (Å²) in [6, 6.07) is 6.16. The Morgan fingerprint density at radius 3 is 2.68 bits per heavy atom. The molecule has 0 spiro atoms. The largest absolute Gasteiger partial charge is 0.491 e. The fourth-order valence-electron chi connectivity index (χ4n) is 1.61.